The molecule has 0 radical (unpaired) electrons. The van der Waals surface area contributed by atoms with Gasteiger partial charge in [-0.1, -0.05) is 6.07 Å². The fourth-order valence-electron chi connectivity index (χ4n) is 0.863. The van der Waals surface area contributed by atoms with Gasteiger partial charge in [0, 0.05) is 4.90 Å². The van der Waals surface area contributed by atoms with Gasteiger partial charge in [0.1, 0.15) is 5.40 Å². The van der Waals surface area contributed by atoms with Crippen molar-refractivity contribution >= 4 is 17.7 Å². The maximum Gasteiger partial charge on any atom is 0.373 e. The highest BCUT2D eigenvalue weighted by atomic mass is 32.2. The number of hydrogen-bond acceptors (Lipinski definition) is 5. The molecule has 0 atom stereocenters. The molecule has 0 bridgehead atoms. The second-order valence-corrected chi connectivity index (χ2v) is 3.12. The lowest BCUT2D eigenvalue weighted by atomic mass is 10.2. The molecular weight excluding hydrogens is 202 g/mol. The molecule has 1 aromatic rings. The van der Waals surface area contributed by atoms with Gasteiger partial charge in [-0.15, -0.1) is 0 Å². The van der Waals surface area contributed by atoms with Crippen LogP contribution in [0.1, 0.15) is 10.4 Å². The molecule has 0 aliphatic heterocycles. The van der Waals surface area contributed by atoms with Crippen molar-refractivity contribution in [1.82, 2.24) is 0 Å². The minimum Gasteiger partial charge on any atom is -0.293 e. The Kier molecular flexibility index (Phi) is 3.98. The van der Waals surface area contributed by atoms with Crippen molar-refractivity contribution in [2.75, 3.05) is 7.11 Å². The number of hydrogen-bond donors (Lipinski definition) is 0. The summed E-state index contributed by atoms with van der Waals surface area (Å²) in [6, 6.07) is 6.56. The number of nitrogens with zero attached hydrogens (tertiary/aromatic N) is 1. The van der Waals surface area contributed by atoms with Gasteiger partial charge in [0.2, 0.25) is 0 Å². The third-order valence-corrected chi connectivity index (χ3v) is 1.97. The van der Waals surface area contributed by atoms with E-state index in [1.807, 2.05) is 5.40 Å². The molecule has 0 saturated heterocycles. The second kappa shape index (κ2) is 5.27. The number of carbonyl (C=O) groups excluding carboxylic acids is 1. The zero-order valence-electron chi connectivity index (χ0n) is 7.39. The normalized spacial score (nSPS) is 9.14. The van der Waals surface area contributed by atoms with Crippen molar-refractivity contribution in [3.63, 3.8) is 0 Å². The smallest absolute Gasteiger partial charge is 0.293 e. The highest BCUT2D eigenvalue weighted by molar-refractivity contribution is 8.03. The molecule has 0 fully saturated rings. The summed E-state index contributed by atoms with van der Waals surface area (Å²) >= 11 is 0.982. The van der Waals surface area contributed by atoms with Crippen LogP contribution in [0.3, 0.4) is 0 Å². The van der Waals surface area contributed by atoms with Crippen LogP contribution < -0.4 is 0 Å². The lowest BCUT2D eigenvalue weighted by molar-refractivity contribution is -0.216. The van der Waals surface area contributed by atoms with E-state index < -0.39 is 5.97 Å². The Balaban J connectivity index is 2.83. The summed E-state index contributed by atoms with van der Waals surface area (Å²) in [6.45, 7) is 0. The summed E-state index contributed by atoms with van der Waals surface area (Å²) in [6.07, 6.45) is 0. The average molecular weight is 209 g/mol. The average Bonchev–Trinajstić information content (AvgIpc) is 2.19. The maximum atomic E-state index is 11.2. The van der Waals surface area contributed by atoms with Crippen LogP contribution in [-0.4, -0.2) is 13.1 Å². The van der Waals surface area contributed by atoms with E-state index in [-0.39, 0.29) is 0 Å². The van der Waals surface area contributed by atoms with Crippen molar-refractivity contribution in [2.24, 2.45) is 0 Å². The van der Waals surface area contributed by atoms with Gasteiger partial charge in [-0.3, -0.25) is 4.89 Å². The number of thioether (sulfide) groups is 1. The summed E-state index contributed by atoms with van der Waals surface area (Å²) in [4.78, 5) is 20.4. The van der Waals surface area contributed by atoms with Crippen molar-refractivity contribution < 1.29 is 14.6 Å². The fourth-order valence-corrected chi connectivity index (χ4v) is 1.30. The second-order valence-electron chi connectivity index (χ2n) is 2.26. The van der Waals surface area contributed by atoms with Crippen LogP contribution >= 0.6 is 11.8 Å². The molecule has 0 amide bonds. The Bertz CT molecular complexity index is 373. The number of benzene rings is 1. The van der Waals surface area contributed by atoms with E-state index in [1.165, 1.54) is 7.11 Å². The summed E-state index contributed by atoms with van der Waals surface area (Å²) in [5.41, 5.74) is 0.354. The first-order valence-electron chi connectivity index (χ1n) is 3.69. The van der Waals surface area contributed by atoms with Crippen LogP contribution in [0.2, 0.25) is 0 Å². The van der Waals surface area contributed by atoms with Crippen molar-refractivity contribution in [3.8, 4) is 5.40 Å². The molecule has 0 heterocycles. The van der Waals surface area contributed by atoms with Crippen molar-refractivity contribution in [2.45, 2.75) is 4.90 Å². The molecule has 0 spiro atoms. The minimum atomic E-state index is -0.576. The Morgan fingerprint density at radius 2 is 2.36 bits per heavy atom. The van der Waals surface area contributed by atoms with E-state index in [4.69, 9.17) is 5.26 Å². The Morgan fingerprint density at radius 1 is 1.57 bits per heavy atom. The maximum absolute atomic E-state index is 11.2. The van der Waals surface area contributed by atoms with Gasteiger partial charge in [-0.2, -0.15) is 10.1 Å². The lowest BCUT2D eigenvalue weighted by Gasteiger charge is -2.00. The van der Waals surface area contributed by atoms with Crippen LogP contribution in [0.25, 0.3) is 0 Å². The summed E-state index contributed by atoms with van der Waals surface area (Å²) in [5, 5.41) is 10.3. The van der Waals surface area contributed by atoms with Gasteiger partial charge < -0.3 is 0 Å². The minimum absolute atomic E-state index is 0.354. The Labute approximate surface area is 85.4 Å². The van der Waals surface area contributed by atoms with Crippen molar-refractivity contribution in [1.29, 1.82) is 5.26 Å². The van der Waals surface area contributed by atoms with Crippen LogP contribution in [0, 0.1) is 10.7 Å². The van der Waals surface area contributed by atoms with Crippen LogP contribution in [-0.2, 0) is 9.78 Å². The first kappa shape index (κ1) is 10.6. The van der Waals surface area contributed by atoms with Gasteiger partial charge in [0.15, 0.2) is 0 Å². The van der Waals surface area contributed by atoms with Gasteiger partial charge in [-0.25, -0.2) is 4.79 Å². The van der Waals surface area contributed by atoms with Gasteiger partial charge in [-0.05, 0) is 30.0 Å². The topological polar surface area (TPSA) is 59.3 Å². The monoisotopic (exact) mass is 209 g/mol. The van der Waals surface area contributed by atoms with Crippen LogP contribution in [0.5, 0.6) is 0 Å². The predicted octanol–water partition coefficient (Wildman–Crippen LogP) is 1.98. The standard InChI is InChI=1S/C9H7NO3S/c1-12-13-9(11)7-3-2-4-8(5-7)14-6-10/h2-5H,1H3. The highest BCUT2D eigenvalue weighted by Crippen LogP contribution is 2.17. The number of thiocyanates is 1. The van der Waals surface area contributed by atoms with Crippen LogP contribution in [0.15, 0.2) is 29.2 Å². The number of rotatable bonds is 3. The zero-order chi connectivity index (χ0) is 10.4. The molecule has 4 nitrogen and oxygen atoms in total. The molecule has 72 valence electrons. The quantitative estimate of drug-likeness (QED) is 0.329. The molecule has 0 aliphatic rings. The SMILES string of the molecule is COOC(=O)c1cccc(SC#N)c1. The van der Waals surface area contributed by atoms with Gasteiger partial charge in [0.25, 0.3) is 0 Å². The largest absolute Gasteiger partial charge is 0.373 e. The molecule has 0 unspecified atom stereocenters. The summed E-state index contributed by atoms with van der Waals surface area (Å²) in [5.74, 6) is -0.576. The van der Waals surface area contributed by atoms with E-state index in [9.17, 15) is 4.79 Å². The van der Waals surface area contributed by atoms with Gasteiger partial charge in [0.05, 0.1) is 12.7 Å². The third kappa shape index (κ3) is 2.76. The summed E-state index contributed by atoms with van der Waals surface area (Å²) < 4.78 is 0. The van der Waals surface area contributed by atoms with E-state index in [0.717, 1.165) is 11.8 Å². The molecule has 5 heteroatoms. The van der Waals surface area contributed by atoms with E-state index in [1.54, 1.807) is 24.3 Å². The van der Waals surface area contributed by atoms with E-state index in [0.29, 0.717) is 10.5 Å². The lowest BCUT2D eigenvalue weighted by Crippen LogP contribution is -2.03. The fraction of sp³-hybridized carbons (Fsp3) is 0.111. The molecular formula is C9H7NO3S. The highest BCUT2D eigenvalue weighted by Gasteiger charge is 2.07. The predicted molar refractivity (Wildman–Crippen MR) is 50.3 cm³/mol. The first-order chi connectivity index (χ1) is 6.77. The molecule has 0 N–H and O–H groups in total. The van der Waals surface area contributed by atoms with Gasteiger partial charge >= 0.3 is 5.97 Å². The van der Waals surface area contributed by atoms with E-state index >= 15 is 0 Å². The molecule has 0 saturated carbocycles. The molecule has 14 heavy (non-hydrogen) atoms. The van der Waals surface area contributed by atoms with Crippen molar-refractivity contribution in [3.05, 3.63) is 29.8 Å². The first-order valence-corrected chi connectivity index (χ1v) is 4.50. The third-order valence-electron chi connectivity index (χ3n) is 1.39. The molecule has 1 rings (SSSR count). The number of carbonyl (C=O) groups is 1. The molecule has 0 aromatic heterocycles. The molecule has 1 aromatic carbocycles. The summed E-state index contributed by atoms with van der Waals surface area (Å²) in [7, 11) is 1.26. The Hall–Kier alpha value is -1.51. The molecule has 0 aliphatic carbocycles. The zero-order valence-corrected chi connectivity index (χ0v) is 8.21. The van der Waals surface area contributed by atoms with E-state index in [2.05, 4.69) is 9.78 Å². The number of nitriles is 1. The van der Waals surface area contributed by atoms with Crippen LogP contribution in [0.4, 0.5) is 0 Å². The Morgan fingerprint density at radius 3 is 3.00 bits per heavy atom.